The van der Waals surface area contributed by atoms with Crippen LogP contribution in [-0.4, -0.2) is 17.7 Å². The Kier molecular flexibility index (Phi) is 3.90. The lowest BCUT2D eigenvalue weighted by atomic mass is 10.0. The number of benzene rings is 2. The number of aromatic hydroxyl groups is 1. The molecular weight excluding hydrogens is 242 g/mol. The van der Waals surface area contributed by atoms with Crippen LogP contribution in [0.4, 0.5) is 5.69 Å². The highest BCUT2D eigenvalue weighted by atomic mass is 16.5. The molecule has 0 heterocycles. The highest BCUT2D eigenvalue weighted by Gasteiger charge is 2.17. The molecule has 0 amide bonds. The van der Waals surface area contributed by atoms with E-state index in [1.165, 1.54) is 6.07 Å². The van der Waals surface area contributed by atoms with Crippen molar-refractivity contribution in [2.45, 2.75) is 19.8 Å². The van der Waals surface area contributed by atoms with E-state index < -0.39 is 5.97 Å². The van der Waals surface area contributed by atoms with Gasteiger partial charge in [-0.15, -0.1) is 0 Å². The van der Waals surface area contributed by atoms with Crippen molar-refractivity contribution in [1.29, 1.82) is 0 Å². The van der Waals surface area contributed by atoms with E-state index in [4.69, 9.17) is 10.5 Å². The number of phenolic OH excluding ortho intramolecular Hbond substituents is 1. The molecule has 2 aromatic rings. The molecule has 19 heavy (non-hydrogen) atoms. The molecule has 0 bridgehead atoms. The summed E-state index contributed by atoms with van der Waals surface area (Å²) in [6.45, 7) is 2.36. The van der Waals surface area contributed by atoms with Crippen molar-refractivity contribution in [3.63, 3.8) is 0 Å². The van der Waals surface area contributed by atoms with Crippen LogP contribution in [0.1, 0.15) is 30.1 Å². The average molecular weight is 259 g/mol. The second-order valence-corrected chi connectivity index (χ2v) is 4.40. The van der Waals surface area contributed by atoms with Crippen LogP contribution in [0.5, 0.6) is 5.75 Å². The second kappa shape index (κ2) is 5.61. The molecule has 2 aromatic carbocycles. The summed E-state index contributed by atoms with van der Waals surface area (Å²) in [5.74, 6) is -0.616. The monoisotopic (exact) mass is 259 g/mol. The van der Waals surface area contributed by atoms with E-state index in [1.54, 1.807) is 18.2 Å². The molecule has 0 saturated carbocycles. The molecule has 3 N–H and O–H groups in total. The van der Waals surface area contributed by atoms with E-state index in [0.29, 0.717) is 17.7 Å². The van der Waals surface area contributed by atoms with Gasteiger partial charge in [0.15, 0.2) is 0 Å². The Balaban J connectivity index is 2.39. The molecule has 0 aliphatic carbocycles. The quantitative estimate of drug-likeness (QED) is 0.383. The third-order valence-electron chi connectivity index (χ3n) is 3.00. The number of carbonyl (C=O) groups is 1. The Bertz CT molecular complexity index is 608. The summed E-state index contributed by atoms with van der Waals surface area (Å²) in [6.07, 6.45) is 1.74. The summed E-state index contributed by atoms with van der Waals surface area (Å²) in [4.78, 5) is 11.9. The number of esters is 1. The molecule has 0 fully saturated rings. The van der Waals surface area contributed by atoms with Gasteiger partial charge in [-0.2, -0.15) is 0 Å². The largest absolute Gasteiger partial charge is 0.506 e. The van der Waals surface area contributed by atoms with Gasteiger partial charge in [0, 0.05) is 16.5 Å². The molecule has 0 spiro atoms. The first-order valence-electron chi connectivity index (χ1n) is 6.32. The predicted molar refractivity (Wildman–Crippen MR) is 75.2 cm³/mol. The van der Waals surface area contributed by atoms with Crippen LogP contribution in [0.3, 0.4) is 0 Å². The van der Waals surface area contributed by atoms with E-state index in [9.17, 15) is 9.90 Å². The second-order valence-electron chi connectivity index (χ2n) is 4.40. The summed E-state index contributed by atoms with van der Waals surface area (Å²) in [5.41, 5.74) is 6.47. The molecule has 100 valence electrons. The van der Waals surface area contributed by atoms with Gasteiger partial charge in [0.1, 0.15) is 11.3 Å². The predicted octanol–water partition coefficient (Wildman–Crippen LogP) is 3.08. The molecule has 4 nitrogen and oxygen atoms in total. The Hall–Kier alpha value is -2.23. The number of ether oxygens (including phenoxy) is 1. The minimum atomic E-state index is -0.539. The molecular formula is C15H17NO3. The van der Waals surface area contributed by atoms with E-state index >= 15 is 0 Å². The maximum Gasteiger partial charge on any atom is 0.342 e. The third kappa shape index (κ3) is 2.62. The Labute approximate surface area is 111 Å². The van der Waals surface area contributed by atoms with Crippen LogP contribution < -0.4 is 5.73 Å². The summed E-state index contributed by atoms with van der Waals surface area (Å²) < 4.78 is 5.10. The number of unbranched alkanes of at least 4 members (excludes halogenated alkanes) is 1. The van der Waals surface area contributed by atoms with Crippen molar-refractivity contribution in [1.82, 2.24) is 0 Å². The van der Waals surface area contributed by atoms with Gasteiger partial charge < -0.3 is 15.6 Å². The molecule has 0 aliphatic heterocycles. The summed E-state index contributed by atoms with van der Waals surface area (Å²) in [7, 11) is 0. The number of rotatable bonds is 4. The first kappa shape index (κ1) is 13.2. The lowest BCUT2D eigenvalue weighted by Crippen LogP contribution is -2.07. The van der Waals surface area contributed by atoms with Crippen molar-refractivity contribution in [2.75, 3.05) is 12.3 Å². The minimum Gasteiger partial charge on any atom is -0.506 e. The molecule has 2 rings (SSSR count). The molecule has 0 saturated heterocycles. The molecule has 0 atom stereocenters. The number of hydrogen-bond acceptors (Lipinski definition) is 4. The van der Waals surface area contributed by atoms with Crippen molar-refractivity contribution in [2.24, 2.45) is 0 Å². The minimum absolute atomic E-state index is 0.0775. The number of nitrogens with two attached hydrogens (primary N) is 1. The third-order valence-corrected chi connectivity index (χ3v) is 3.00. The number of hydrogen-bond donors (Lipinski definition) is 2. The van der Waals surface area contributed by atoms with Crippen molar-refractivity contribution in [3.8, 4) is 5.75 Å². The lowest BCUT2D eigenvalue weighted by Gasteiger charge is -2.10. The highest BCUT2D eigenvalue weighted by Crippen LogP contribution is 2.33. The van der Waals surface area contributed by atoms with E-state index in [-0.39, 0.29) is 11.3 Å². The van der Waals surface area contributed by atoms with Crippen molar-refractivity contribution >= 4 is 22.4 Å². The van der Waals surface area contributed by atoms with Crippen LogP contribution >= 0.6 is 0 Å². The summed E-state index contributed by atoms with van der Waals surface area (Å²) in [6, 6.07) is 8.61. The van der Waals surface area contributed by atoms with Crippen LogP contribution in [0.2, 0.25) is 0 Å². The van der Waals surface area contributed by atoms with Crippen LogP contribution in [0.15, 0.2) is 30.3 Å². The topological polar surface area (TPSA) is 72.5 Å². The van der Waals surface area contributed by atoms with Crippen LogP contribution in [0, 0.1) is 0 Å². The first-order chi connectivity index (χ1) is 9.15. The van der Waals surface area contributed by atoms with E-state index in [2.05, 4.69) is 0 Å². The maximum atomic E-state index is 11.9. The van der Waals surface area contributed by atoms with E-state index in [0.717, 1.165) is 18.2 Å². The van der Waals surface area contributed by atoms with Gasteiger partial charge in [-0.1, -0.05) is 37.6 Å². The lowest BCUT2D eigenvalue weighted by molar-refractivity contribution is 0.0497. The molecule has 0 aliphatic rings. The van der Waals surface area contributed by atoms with Crippen LogP contribution in [0.25, 0.3) is 10.8 Å². The molecule has 0 unspecified atom stereocenters. The zero-order chi connectivity index (χ0) is 13.8. The Morgan fingerprint density at radius 3 is 2.68 bits per heavy atom. The SMILES string of the molecule is CCCCOC(=O)c1cc(N)c2ccccc2c1O. The fraction of sp³-hybridized carbons (Fsp3) is 0.267. The number of fused-ring (bicyclic) bond motifs is 1. The molecule has 0 aromatic heterocycles. The molecule has 4 heteroatoms. The standard InChI is InChI=1S/C15H17NO3/c1-2-3-8-19-15(18)12-9-13(16)10-6-4-5-7-11(10)14(12)17/h4-7,9,17H,2-3,8,16H2,1H3. The van der Waals surface area contributed by atoms with Gasteiger partial charge in [0.2, 0.25) is 0 Å². The number of nitrogen functional groups attached to an aromatic ring is 1. The zero-order valence-corrected chi connectivity index (χ0v) is 10.8. The fourth-order valence-electron chi connectivity index (χ4n) is 1.93. The van der Waals surface area contributed by atoms with Gasteiger partial charge in [-0.05, 0) is 12.5 Å². The van der Waals surface area contributed by atoms with Gasteiger partial charge in [0.05, 0.1) is 6.61 Å². The van der Waals surface area contributed by atoms with Gasteiger partial charge in [-0.25, -0.2) is 4.79 Å². The summed E-state index contributed by atoms with van der Waals surface area (Å²) >= 11 is 0. The Morgan fingerprint density at radius 2 is 2.00 bits per heavy atom. The molecule has 0 radical (unpaired) electrons. The zero-order valence-electron chi connectivity index (χ0n) is 10.8. The highest BCUT2D eigenvalue weighted by molar-refractivity contribution is 6.06. The smallest absolute Gasteiger partial charge is 0.342 e. The van der Waals surface area contributed by atoms with E-state index in [1.807, 2.05) is 13.0 Å². The number of anilines is 1. The van der Waals surface area contributed by atoms with Gasteiger partial charge in [-0.3, -0.25) is 0 Å². The van der Waals surface area contributed by atoms with Crippen molar-refractivity contribution in [3.05, 3.63) is 35.9 Å². The number of phenols is 1. The van der Waals surface area contributed by atoms with Gasteiger partial charge in [0.25, 0.3) is 0 Å². The normalized spacial score (nSPS) is 10.6. The Morgan fingerprint density at radius 1 is 1.32 bits per heavy atom. The first-order valence-corrected chi connectivity index (χ1v) is 6.32. The van der Waals surface area contributed by atoms with Crippen LogP contribution in [-0.2, 0) is 4.74 Å². The maximum absolute atomic E-state index is 11.9. The number of carbonyl (C=O) groups excluding carboxylic acids is 1. The van der Waals surface area contributed by atoms with Gasteiger partial charge >= 0.3 is 5.97 Å². The summed E-state index contributed by atoms with van der Waals surface area (Å²) in [5, 5.41) is 11.4. The fourth-order valence-corrected chi connectivity index (χ4v) is 1.93. The average Bonchev–Trinajstić information content (AvgIpc) is 2.43. The van der Waals surface area contributed by atoms with Crippen molar-refractivity contribution < 1.29 is 14.6 Å².